The topological polar surface area (TPSA) is 99.6 Å². The summed E-state index contributed by atoms with van der Waals surface area (Å²) in [5.41, 5.74) is 1.66. The van der Waals surface area contributed by atoms with Crippen LogP contribution < -0.4 is 14.8 Å². The number of esters is 1. The van der Waals surface area contributed by atoms with Crippen LogP contribution in [0.3, 0.4) is 0 Å². The number of nitrogens with zero attached hydrogens (tertiary/aromatic N) is 2. The molecule has 0 aliphatic rings. The Bertz CT molecular complexity index is 1020. The van der Waals surface area contributed by atoms with Gasteiger partial charge in [0, 0.05) is 6.07 Å². The number of methoxy groups -OCH3 is 2. The summed E-state index contributed by atoms with van der Waals surface area (Å²) in [5.74, 6) is -0.257. The fourth-order valence-corrected chi connectivity index (χ4v) is 2.48. The summed E-state index contributed by atoms with van der Waals surface area (Å²) >= 11 is 0. The lowest BCUT2D eigenvalue weighted by Gasteiger charge is -2.15. The van der Waals surface area contributed by atoms with Gasteiger partial charge in [0.1, 0.15) is 11.5 Å². The van der Waals surface area contributed by atoms with Crippen molar-refractivity contribution in [2.24, 2.45) is 0 Å². The minimum atomic E-state index is -1.06. The molecule has 1 amide bonds. The van der Waals surface area contributed by atoms with E-state index < -0.39 is 18.0 Å². The van der Waals surface area contributed by atoms with Gasteiger partial charge in [-0.25, -0.2) is 9.78 Å². The predicted octanol–water partition coefficient (Wildman–Crippen LogP) is 2.83. The molecular formula is C20H19N3O5. The third-order valence-electron chi connectivity index (χ3n) is 3.98. The van der Waals surface area contributed by atoms with E-state index in [2.05, 4.69) is 15.3 Å². The minimum absolute atomic E-state index is 0.0253. The molecule has 0 bridgehead atoms. The van der Waals surface area contributed by atoms with Crippen molar-refractivity contribution in [3.05, 3.63) is 54.4 Å². The standard InChI is InChI=1S/C20H19N3O5/c1-12(19(24)23-16-10-13(26-2)8-9-18(16)27-3)28-20(25)17-11-21-14-6-4-5-7-15(14)22-17/h4-12H,1-3H3,(H,23,24). The summed E-state index contributed by atoms with van der Waals surface area (Å²) in [6, 6.07) is 12.1. The molecule has 0 saturated heterocycles. The van der Waals surface area contributed by atoms with Crippen molar-refractivity contribution < 1.29 is 23.8 Å². The summed E-state index contributed by atoms with van der Waals surface area (Å²) in [6.07, 6.45) is 0.261. The van der Waals surface area contributed by atoms with E-state index in [0.29, 0.717) is 28.2 Å². The first-order valence-corrected chi connectivity index (χ1v) is 8.47. The normalized spacial score (nSPS) is 11.5. The molecule has 0 saturated carbocycles. The minimum Gasteiger partial charge on any atom is -0.497 e. The molecule has 0 radical (unpaired) electrons. The van der Waals surface area contributed by atoms with Crippen LogP contribution in [0, 0.1) is 0 Å². The van der Waals surface area contributed by atoms with Gasteiger partial charge in [-0.15, -0.1) is 0 Å². The molecule has 0 fully saturated rings. The molecule has 28 heavy (non-hydrogen) atoms. The monoisotopic (exact) mass is 381 g/mol. The first kappa shape index (κ1) is 19.1. The maximum Gasteiger partial charge on any atom is 0.359 e. The van der Waals surface area contributed by atoms with E-state index in [0.717, 1.165) is 0 Å². The second-order valence-corrected chi connectivity index (χ2v) is 5.85. The molecule has 3 rings (SSSR count). The van der Waals surface area contributed by atoms with Gasteiger partial charge in [0.15, 0.2) is 11.8 Å². The van der Waals surface area contributed by atoms with E-state index in [4.69, 9.17) is 14.2 Å². The maximum atomic E-state index is 12.4. The summed E-state index contributed by atoms with van der Waals surface area (Å²) in [5, 5.41) is 2.67. The van der Waals surface area contributed by atoms with E-state index in [-0.39, 0.29) is 5.69 Å². The average Bonchev–Trinajstić information content (AvgIpc) is 2.73. The summed E-state index contributed by atoms with van der Waals surface area (Å²) in [7, 11) is 3.00. The summed E-state index contributed by atoms with van der Waals surface area (Å²) in [6.45, 7) is 1.47. The number of rotatable bonds is 6. The molecule has 0 spiro atoms. The number of para-hydroxylation sites is 2. The average molecular weight is 381 g/mol. The Kier molecular flexibility index (Phi) is 5.69. The molecular weight excluding hydrogens is 362 g/mol. The molecule has 1 aromatic heterocycles. The van der Waals surface area contributed by atoms with Crippen LogP contribution in [0.1, 0.15) is 17.4 Å². The molecule has 8 nitrogen and oxygen atoms in total. The van der Waals surface area contributed by atoms with Crippen LogP contribution in [0.5, 0.6) is 11.5 Å². The number of anilines is 1. The van der Waals surface area contributed by atoms with Crippen molar-refractivity contribution in [3.63, 3.8) is 0 Å². The number of fused-ring (bicyclic) bond motifs is 1. The summed E-state index contributed by atoms with van der Waals surface area (Å²) in [4.78, 5) is 33.2. The van der Waals surface area contributed by atoms with E-state index in [1.54, 1.807) is 36.4 Å². The van der Waals surface area contributed by atoms with Crippen LogP contribution in [0.4, 0.5) is 5.69 Å². The Morgan fingerprint density at radius 1 is 1.04 bits per heavy atom. The second-order valence-electron chi connectivity index (χ2n) is 5.85. The van der Waals surface area contributed by atoms with Crippen LogP contribution >= 0.6 is 0 Å². The zero-order chi connectivity index (χ0) is 20.1. The van der Waals surface area contributed by atoms with Crippen molar-refractivity contribution in [1.29, 1.82) is 0 Å². The highest BCUT2D eigenvalue weighted by molar-refractivity contribution is 5.98. The van der Waals surface area contributed by atoms with E-state index in [1.165, 1.54) is 27.3 Å². The fraction of sp³-hybridized carbons (Fsp3) is 0.200. The predicted molar refractivity (Wildman–Crippen MR) is 103 cm³/mol. The lowest BCUT2D eigenvalue weighted by atomic mass is 10.2. The first-order valence-electron chi connectivity index (χ1n) is 8.47. The first-order chi connectivity index (χ1) is 13.5. The van der Waals surface area contributed by atoms with E-state index in [9.17, 15) is 9.59 Å². The van der Waals surface area contributed by atoms with Gasteiger partial charge in [0.25, 0.3) is 5.91 Å². The smallest absolute Gasteiger partial charge is 0.359 e. The molecule has 1 N–H and O–H groups in total. The number of hydrogen-bond acceptors (Lipinski definition) is 7. The number of hydrogen-bond donors (Lipinski definition) is 1. The van der Waals surface area contributed by atoms with Crippen LogP contribution in [0.15, 0.2) is 48.7 Å². The van der Waals surface area contributed by atoms with Gasteiger partial charge in [-0.3, -0.25) is 9.78 Å². The molecule has 1 unspecified atom stereocenters. The third kappa shape index (κ3) is 4.17. The number of ether oxygens (including phenoxy) is 3. The number of carbonyl (C=O) groups excluding carboxylic acids is 2. The lowest BCUT2D eigenvalue weighted by Crippen LogP contribution is -2.30. The van der Waals surface area contributed by atoms with Crippen molar-refractivity contribution in [3.8, 4) is 11.5 Å². The molecule has 2 aromatic carbocycles. The van der Waals surface area contributed by atoms with Crippen molar-refractivity contribution in [2.45, 2.75) is 13.0 Å². The fourth-order valence-electron chi connectivity index (χ4n) is 2.48. The van der Waals surface area contributed by atoms with E-state index in [1.807, 2.05) is 6.07 Å². The summed E-state index contributed by atoms with van der Waals surface area (Å²) < 4.78 is 15.6. The quantitative estimate of drug-likeness (QED) is 0.655. The maximum absolute atomic E-state index is 12.4. The highest BCUT2D eigenvalue weighted by Gasteiger charge is 2.21. The van der Waals surface area contributed by atoms with Gasteiger partial charge in [-0.05, 0) is 31.2 Å². The number of amides is 1. The Labute approximate surface area is 161 Å². The largest absolute Gasteiger partial charge is 0.497 e. The molecule has 144 valence electrons. The Morgan fingerprint density at radius 2 is 1.79 bits per heavy atom. The Morgan fingerprint density at radius 3 is 2.50 bits per heavy atom. The van der Waals surface area contributed by atoms with Crippen molar-refractivity contribution in [2.75, 3.05) is 19.5 Å². The molecule has 0 aliphatic carbocycles. The Hall–Kier alpha value is -3.68. The molecule has 3 aromatic rings. The van der Waals surface area contributed by atoms with Gasteiger partial charge in [-0.2, -0.15) is 0 Å². The van der Waals surface area contributed by atoms with Crippen LogP contribution in [0.25, 0.3) is 11.0 Å². The van der Waals surface area contributed by atoms with E-state index >= 15 is 0 Å². The Balaban J connectivity index is 1.70. The van der Waals surface area contributed by atoms with Crippen LogP contribution in [-0.4, -0.2) is 42.2 Å². The molecule has 1 heterocycles. The third-order valence-corrected chi connectivity index (χ3v) is 3.98. The number of nitrogens with one attached hydrogen (secondary N) is 1. The number of benzene rings is 2. The molecule has 8 heteroatoms. The van der Waals surface area contributed by atoms with Gasteiger partial charge >= 0.3 is 5.97 Å². The molecule has 1 atom stereocenters. The van der Waals surface area contributed by atoms with Gasteiger partial charge < -0.3 is 19.5 Å². The van der Waals surface area contributed by atoms with Crippen LogP contribution in [0.2, 0.25) is 0 Å². The number of carbonyl (C=O) groups is 2. The van der Waals surface area contributed by atoms with Crippen LogP contribution in [-0.2, 0) is 9.53 Å². The van der Waals surface area contributed by atoms with Gasteiger partial charge in [-0.1, -0.05) is 12.1 Å². The van der Waals surface area contributed by atoms with Gasteiger partial charge in [0.2, 0.25) is 0 Å². The zero-order valence-corrected chi connectivity index (χ0v) is 15.6. The highest BCUT2D eigenvalue weighted by Crippen LogP contribution is 2.29. The van der Waals surface area contributed by atoms with Crippen molar-refractivity contribution >= 4 is 28.6 Å². The second kappa shape index (κ2) is 8.34. The lowest BCUT2D eigenvalue weighted by molar-refractivity contribution is -0.123. The highest BCUT2D eigenvalue weighted by atomic mass is 16.5. The SMILES string of the molecule is COc1ccc(OC)c(NC(=O)C(C)OC(=O)c2cnc3ccccc3n2)c1. The zero-order valence-electron chi connectivity index (χ0n) is 15.6. The molecule has 0 aliphatic heterocycles. The number of aromatic nitrogens is 2. The van der Waals surface area contributed by atoms with Crippen molar-refractivity contribution in [1.82, 2.24) is 9.97 Å². The van der Waals surface area contributed by atoms with Gasteiger partial charge in [0.05, 0.1) is 37.1 Å².